The topological polar surface area (TPSA) is 71.0 Å². The third kappa shape index (κ3) is 2.10. The predicted molar refractivity (Wildman–Crippen MR) is 49.7 cm³/mol. The average molecular weight is 197 g/mol. The molecule has 5 nitrogen and oxygen atoms in total. The second kappa shape index (κ2) is 4.06. The second-order valence-electron chi connectivity index (χ2n) is 3.66. The van der Waals surface area contributed by atoms with Gasteiger partial charge in [0, 0.05) is 13.0 Å². The van der Waals surface area contributed by atoms with Crippen molar-refractivity contribution in [3.8, 4) is 0 Å². The van der Waals surface area contributed by atoms with Crippen LogP contribution in [0, 0.1) is 0 Å². The van der Waals surface area contributed by atoms with E-state index in [9.17, 15) is 5.11 Å². The third-order valence-electron chi connectivity index (χ3n) is 2.37. The van der Waals surface area contributed by atoms with Crippen molar-refractivity contribution in [2.45, 2.75) is 38.4 Å². The Hall–Kier alpha value is -0.940. The molecule has 1 fully saturated rings. The number of aliphatic hydroxyl groups is 1. The summed E-state index contributed by atoms with van der Waals surface area (Å²) in [5.74, 6) is 1.26. The van der Waals surface area contributed by atoms with Crippen LogP contribution in [0.25, 0.3) is 0 Å². The largest absolute Gasteiger partial charge is 0.385 e. The van der Waals surface area contributed by atoms with Gasteiger partial charge in [-0.1, -0.05) is 0 Å². The summed E-state index contributed by atoms with van der Waals surface area (Å²) in [6.45, 7) is 2.50. The van der Waals surface area contributed by atoms with Gasteiger partial charge in [0.15, 0.2) is 5.82 Å². The number of rotatable bonds is 3. The molecule has 0 saturated carbocycles. The zero-order valence-electron chi connectivity index (χ0n) is 8.23. The van der Waals surface area contributed by atoms with Crippen molar-refractivity contribution in [1.82, 2.24) is 15.2 Å². The normalized spacial score (nSPS) is 24.0. The molecule has 5 heteroatoms. The number of nitrogens with zero attached hydrogens (tertiary/aromatic N) is 2. The molecule has 2 N–H and O–H groups in total. The van der Waals surface area contributed by atoms with Gasteiger partial charge in [-0.25, -0.2) is 4.98 Å². The van der Waals surface area contributed by atoms with E-state index in [1.165, 1.54) is 0 Å². The standard InChI is InChI=1S/C9H15N3O2/c1-6(13)9-10-8(11-12-9)5-7-3-2-4-14-7/h6-7,13H,2-5H2,1H3,(H,10,11,12). The summed E-state index contributed by atoms with van der Waals surface area (Å²) in [6.07, 6.45) is 2.64. The van der Waals surface area contributed by atoms with Gasteiger partial charge in [0.2, 0.25) is 0 Å². The number of aromatic nitrogens is 3. The Bertz CT molecular complexity index is 292. The minimum Gasteiger partial charge on any atom is -0.385 e. The molecule has 2 unspecified atom stereocenters. The molecule has 2 rings (SSSR count). The van der Waals surface area contributed by atoms with Gasteiger partial charge in [0.1, 0.15) is 11.9 Å². The first-order valence-corrected chi connectivity index (χ1v) is 4.96. The van der Waals surface area contributed by atoms with Crippen LogP contribution < -0.4 is 0 Å². The Kier molecular flexibility index (Phi) is 2.79. The maximum Gasteiger partial charge on any atom is 0.178 e. The molecular weight excluding hydrogens is 182 g/mol. The summed E-state index contributed by atoms with van der Waals surface area (Å²) in [7, 11) is 0. The van der Waals surface area contributed by atoms with Gasteiger partial charge in [-0.2, -0.15) is 5.10 Å². The van der Waals surface area contributed by atoms with Crippen molar-refractivity contribution >= 4 is 0 Å². The van der Waals surface area contributed by atoms with Crippen LogP contribution in [0.4, 0.5) is 0 Å². The van der Waals surface area contributed by atoms with Crippen molar-refractivity contribution in [3.63, 3.8) is 0 Å². The van der Waals surface area contributed by atoms with Crippen LogP contribution in [0.15, 0.2) is 0 Å². The maximum atomic E-state index is 9.22. The number of nitrogens with one attached hydrogen (secondary N) is 1. The summed E-state index contributed by atoms with van der Waals surface area (Å²) in [5.41, 5.74) is 0. The molecule has 2 atom stereocenters. The fourth-order valence-corrected chi connectivity index (χ4v) is 1.61. The summed E-state index contributed by atoms with van der Waals surface area (Å²) in [5, 5.41) is 16.0. The van der Waals surface area contributed by atoms with Gasteiger partial charge in [-0.05, 0) is 19.8 Å². The molecule has 0 bridgehead atoms. The Morgan fingerprint density at radius 2 is 2.57 bits per heavy atom. The summed E-state index contributed by atoms with van der Waals surface area (Å²) in [6, 6.07) is 0. The Morgan fingerprint density at radius 3 is 3.14 bits per heavy atom. The van der Waals surface area contributed by atoms with Crippen molar-refractivity contribution in [2.24, 2.45) is 0 Å². The van der Waals surface area contributed by atoms with E-state index in [0.717, 1.165) is 31.7 Å². The molecule has 0 spiro atoms. The van der Waals surface area contributed by atoms with Crippen LogP contribution in [0.3, 0.4) is 0 Å². The number of ether oxygens (including phenoxy) is 1. The van der Waals surface area contributed by atoms with Gasteiger partial charge < -0.3 is 9.84 Å². The lowest BCUT2D eigenvalue weighted by atomic mass is 10.2. The van der Waals surface area contributed by atoms with E-state index in [1.54, 1.807) is 6.92 Å². The van der Waals surface area contributed by atoms with Gasteiger partial charge in [0.25, 0.3) is 0 Å². The molecule has 1 aliphatic heterocycles. The lowest BCUT2D eigenvalue weighted by Crippen LogP contribution is -2.10. The molecule has 0 aromatic carbocycles. The smallest absolute Gasteiger partial charge is 0.178 e. The van der Waals surface area contributed by atoms with E-state index in [-0.39, 0.29) is 6.10 Å². The molecule has 1 saturated heterocycles. The first-order chi connectivity index (χ1) is 6.75. The minimum absolute atomic E-state index is 0.268. The van der Waals surface area contributed by atoms with E-state index >= 15 is 0 Å². The first-order valence-electron chi connectivity index (χ1n) is 4.96. The number of hydrogen-bond donors (Lipinski definition) is 2. The highest BCUT2D eigenvalue weighted by molar-refractivity contribution is 4.94. The summed E-state index contributed by atoms with van der Waals surface area (Å²) < 4.78 is 5.48. The predicted octanol–water partition coefficient (Wildman–Crippen LogP) is 0.579. The SMILES string of the molecule is CC(O)c1n[nH]c(CC2CCCO2)n1. The van der Waals surface area contributed by atoms with Crippen LogP contribution in [0.2, 0.25) is 0 Å². The van der Waals surface area contributed by atoms with Crippen molar-refractivity contribution in [1.29, 1.82) is 0 Å². The molecule has 1 aromatic rings. The molecule has 14 heavy (non-hydrogen) atoms. The van der Waals surface area contributed by atoms with Gasteiger partial charge in [-0.3, -0.25) is 5.10 Å². The second-order valence-corrected chi connectivity index (χ2v) is 3.66. The molecule has 1 aromatic heterocycles. The number of aromatic amines is 1. The van der Waals surface area contributed by atoms with Crippen LogP contribution >= 0.6 is 0 Å². The number of hydrogen-bond acceptors (Lipinski definition) is 4. The van der Waals surface area contributed by atoms with E-state index in [1.807, 2.05) is 0 Å². The Labute approximate surface area is 82.5 Å². The van der Waals surface area contributed by atoms with E-state index < -0.39 is 6.10 Å². The third-order valence-corrected chi connectivity index (χ3v) is 2.37. The summed E-state index contributed by atoms with van der Waals surface area (Å²) in [4.78, 5) is 4.18. The maximum absolute atomic E-state index is 9.22. The van der Waals surface area contributed by atoms with Crippen LogP contribution in [-0.4, -0.2) is 33.0 Å². The molecular formula is C9H15N3O2. The zero-order chi connectivity index (χ0) is 9.97. The fraction of sp³-hybridized carbons (Fsp3) is 0.778. The molecule has 0 amide bonds. The zero-order valence-corrected chi connectivity index (χ0v) is 8.23. The highest BCUT2D eigenvalue weighted by atomic mass is 16.5. The number of aliphatic hydroxyl groups excluding tert-OH is 1. The van der Waals surface area contributed by atoms with Crippen LogP contribution in [-0.2, 0) is 11.2 Å². The highest BCUT2D eigenvalue weighted by Crippen LogP contribution is 2.15. The Morgan fingerprint density at radius 1 is 1.71 bits per heavy atom. The molecule has 0 radical (unpaired) electrons. The van der Waals surface area contributed by atoms with E-state index in [2.05, 4.69) is 15.2 Å². The Balaban J connectivity index is 1.95. The lowest BCUT2D eigenvalue weighted by Gasteiger charge is -2.05. The van der Waals surface area contributed by atoms with Gasteiger partial charge in [0.05, 0.1) is 6.10 Å². The first kappa shape index (κ1) is 9.61. The minimum atomic E-state index is -0.607. The molecule has 0 aliphatic carbocycles. The fourth-order valence-electron chi connectivity index (χ4n) is 1.61. The lowest BCUT2D eigenvalue weighted by molar-refractivity contribution is 0.110. The highest BCUT2D eigenvalue weighted by Gasteiger charge is 2.18. The molecule has 1 aliphatic rings. The van der Waals surface area contributed by atoms with E-state index in [0.29, 0.717) is 5.82 Å². The molecule has 2 heterocycles. The quantitative estimate of drug-likeness (QED) is 0.743. The van der Waals surface area contributed by atoms with Crippen molar-refractivity contribution < 1.29 is 9.84 Å². The molecule has 78 valence electrons. The van der Waals surface area contributed by atoms with E-state index in [4.69, 9.17) is 4.74 Å². The monoisotopic (exact) mass is 197 g/mol. The van der Waals surface area contributed by atoms with Gasteiger partial charge >= 0.3 is 0 Å². The average Bonchev–Trinajstić information content (AvgIpc) is 2.75. The van der Waals surface area contributed by atoms with Crippen LogP contribution in [0.1, 0.15) is 37.5 Å². The van der Waals surface area contributed by atoms with Crippen LogP contribution in [0.5, 0.6) is 0 Å². The van der Waals surface area contributed by atoms with Crippen molar-refractivity contribution in [2.75, 3.05) is 6.61 Å². The summed E-state index contributed by atoms with van der Waals surface area (Å²) >= 11 is 0. The number of H-pyrrole nitrogens is 1. The van der Waals surface area contributed by atoms with Crippen molar-refractivity contribution in [3.05, 3.63) is 11.6 Å². The van der Waals surface area contributed by atoms with Gasteiger partial charge in [-0.15, -0.1) is 0 Å².